The number of aliphatic imine (C=N–C) groups is 1. The molecular formula is C21H18ClNO6. The number of carbonyl (C=O) groups is 2. The first-order valence-electron chi connectivity index (χ1n) is 8.75. The van der Waals surface area contributed by atoms with Gasteiger partial charge in [-0.2, -0.15) is 0 Å². The number of halogens is 1. The van der Waals surface area contributed by atoms with Gasteiger partial charge in [0.15, 0.2) is 23.8 Å². The van der Waals surface area contributed by atoms with E-state index in [2.05, 4.69) is 4.99 Å². The number of rotatable bonds is 7. The van der Waals surface area contributed by atoms with Crippen LogP contribution in [0, 0.1) is 0 Å². The van der Waals surface area contributed by atoms with Crippen molar-refractivity contribution in [1.29, 1.82) is 0 Å². The molecule has 0 unspecified atom stereocenters. The van der Waals surface area contributed by atoms with Gasteiger partial charge < -0.3 is 18.9 Å². The normalized spacial score (nSPS) is 14.4. The van der Waals surface area contributed by atoms with E-state index >= 15 is 0 Å². The summed E-state index contributed by atoms with van der Waals surface area (Å²) in [5, 5.41) is 0.516. The van der Waals surface area contributed by atoms with Gasteiger partial charge in [0.25, 0.3) is 0 Å². The average molecular weight is 416 g/mol. The summed E-state index contributed by atoms with van der Waals surface area (Å²) in [4.78, 5) is 27.9. The molecule has 0 aliphatic carbocycles. The maximum Gasteiger partial charge on any atom is 0.363 e. The van der Waals surface area contributed by atoms with E-state index in [-0.39, 0.29) is 24.8 Å². The van der Waals surface area contributed by atoms with Crippen LogP contribution in [-0.2, 0) is 19.1 Å². The summed E-state index contributed by atoms with van der Waals surface area (Å²) in [6, 6.07) is 11.9. The number of ether oxygens (including phenoxy) is 4. The highest BCUT2D eigenvalue weighted by Crippen LogP contribution is 2.30. The van der Waals surface area contributed by atoms with E-state index in [1.807, 2.05) is 0 Å². The Morgan fingerprint density at radius 2 is 2.03 bits per heavy atom. The minimum Gasteiger partial charge on any atom is -0.493 e. The SMILES string of the molecule is CCOC(=O)COc1ccc(/C=C2/N=C(c3cccc(Cl)c3)OC2=O)cc1OC. The largest absolute Gasteiger partial charge is 0.493 e. The topological polar surface area (TPSA) is 83.4 Å². The second kappa shape index (κ2) is 9.25. The molecule has 0 N–H and O–H groups in total. The lowest BCUT2D eigenvalue weighted by Crippen LogP contribution is -2.14. The average Bonchev–Trinajstić information content (AvgIpc) is 3.07. The summed E-state index contributed by atoms with van der Waals surface area (Å²) in [5.74, 6) is -0.0853. The zero-order chi connectivity index (χ0) is 20.8. The van der Waals surface area contributed by atoms with Crippen LogP contribution in [0.5, 0.6) is 11.5 Å². The van der Waals surface area contributed by atoms with Crippen LogP contribution in [0.3, 0.4) is 0 Å². The van der Waals surface area contributed by atoms with Gasteiger partial charge in [-0.1, -0.05) is 23.7 Å². The molecule has 3 rings (SSSR count). The Morgan fingerprint density at radius 1 is 1.21 bits per heavy atom. The third kappa shape index (κ3) is 5.14. The van der Waals surface area contributed by atoms with E-state index in [1.54, 1.807) is 55.5 Å². The zero-order valence-corrected chi connectivity index (χ0v) is 16.6. The van der Waals surface area contributed by atoms with Crippen molar-refractivity contribution in [2.45, 2.75) is 6.92 Å². The van der Waals surface area contributed by atoms with Crippen molar-refractivity contribution in [1.82, 2.24) is 0 Å². The van der Waals surface area contributed by atoms with Crippen LogP contribution in [-0.4, -0.2) is 38.2 Å². The fourth-order valence-corrected chi connectivity index (χ4v) is 2.73. The molecule has 0 amide bonds. The minimum absolute atomic E-state index is 0.141. The van der Waals surface area contributed by atoms with E-state index in [0.717, 1.165) is 0 Å². The van der Waals surface area contributed by atoms with Crippen LogP contribution in [0.25, 0.3) is 6.08 Å². The highest BCUT2D eigenvalue weighted by atomic mass is 35.5. The van der Waals surface area contributed by atoms with E-state index in [9.17, 15) is 9.59 Å². The molecule has 0 saturated carbocycles. The summed E-state index contributed by atoms with van der Waals surface area (Å²) in [6.45, 7) is 1.76. The van der Waals surface area contributed by atoms with E-state index in [0.29, 0.717) is 27.6 Å². The molecule has 2 aromatic rings. The highest BCUT2D eigenvalue weighted by Gasteiger charge is 2.24. The van der Waals surface area contributed by atoms with Gasteiger partial charge in [-0.05, 0) is 48.9 Å². The summed E-state index contributed by atoms with van der Waals surface area (Å²) >= 11 is 5.97. The van der Waals surface area contributed by atoms with E-state index < -0.39 is 11.9 Å². The Balaban J connectivity index is 1.80. The molecule has 0 saturated heterocycles. The van der Waals surface area contributed by atoms with Crippen LogP contribution in [0.4, 0.5) is 0 Å². The van der Waals surface area contributed by atoms with Crippen molar-refractivity contribution in [2.75, 3.05) is 20.3 Å². The van der Waals surface area contributed by atoms with Gasteiger partial charge in [0.05, 0.1) is 13.7 Å². The first-order chi connectivity index (χ1) is 14.0. The lowest BCUT2D eigenvalue weighted by atomic mass is 10.1. The molecule has 0 spiro atoms. The molecule has 0 aromatic heterocycles. The van der Waals surface area contributed by atoms with Crippen LogP contribution in [0.15, 0.2) is 53.2 Å². The number of carbonyl (C=O) groups excluding carboxylic acids is 2. The van der Waals surface area contributed by atoms with Gasteiger partial charge in [0, 0.05) is 10.6 Å². The first kappa shape index (κ1) is 20.4. The van der Waals surface area contributed by atoms with Crippen LogP contribution in [0.2, 0.25) is 5.02 Å². The van der Waals surface area contributed by atoms with Crippen LogP contribution < -0.4 is 9.47 Å². The predicted molar refractivity (Wildman–Crippen MR) is 107 cm³/mol. The molecule has 1 aliphatic rings. The zero-order valence-electron chi connectivity index (χ0n) is 15.8. The number of methoxy groups -OCH3 is 1. The summed E-state index contributed by atoms with van der Waals surface area (Å²) in [5.41, 5.74) is 1.39. The third-order valence-corrected chi connectivity index (χ3v) is 4.07. The Labute approximate surface area is 172 Å². The molecule has 1 aliphatic heterocycles. The molecule has 2 aromatic carbocycles. The molecule has 0 atom stereocenters. The molecular weight excluding hydrogens is 398 g/mol. The smallest absolute Gasteiger partial charge is 0.363 e. The monoisotopic (exact) mass is 415 g/mol. The Bertz CT molecular complexity index is 998. The van der Waals surface area contributed by atoms with Crippen molar-refractivity contribution < 1.29 is 28.5 Å². The number of esters is 2. The standard InChI is InChI=1S/C21H18ClNO6/c1-3-27-19(24)12-28-17-8-7-13(10-18(17)26-2)9-16-21(25)29-20(23-16)14-5-4-6-15(22)11-14/h4-11H,3,12H2,1-2H3/b16-9+. The fraction of sp³-hybridized carbons (Fsp3) is 0.190. The number of hydrogen-bond acceptors (Lipinski definition) is 7. The van der Waals surface area contributed by atoms with Gasteiger partial charge in [0.1, 0.15) is 0 Å². The van der Waals surface area contributed by atoms with Crippen molar-refractivity contribution in [3.8, 4) is 11.5 Å². The van der Waals surface area contributed by atoms with Gasteiger partial charge in [-0.15, -0.1) is 0 Å². The molecule has 0 bridgehead atoms. The lowest BCUT2D eigenvalue weighted by molar-refractivity contribution is -0.145. The van der Waals surface area contributed by atoms with E-state index in [1.165, 1.54) is 7.11 Å². The summed E-state index contributed by atoms with van der Waals surface area (Å²) < 4.78 is 20.8. The van der Waals surface area contributed by atoms with Crippen LogP contribution in [0.1, 0.15) is 18.1 Å². The summed E-state index contributed by atoms with van der Waals surface area (Å²) in [7, 11) is 1.47. The number of hydrogen-bond donors (Lipinski definition) is 0. The Hall–Kier alpha value is -3.32. The van der Waals surface area contributed by atoms with Gasteiger partial charge in [-0.3, -0.25) is 0 Å². The van der Waals surface area contributed by atoms with Crippen molar-refractivity contribution in [3.63, 3.8) is 0 Å². The molecule has 8 heteroatoms. The minimum atomic E-state index is -0.568. The molecule has 7 nitrogen and oxygen atoms in total. The number of benzene rings is 2. The highest BCUT2D eigenvalue weighted by molar-refractivity contribution is 6.31. The third-order valence-electron chi connectivity index (χ3n) is 3.83. The van der Waals surface area contributed by atoms with Crippen molar-refractivity contribution in [3.05, 3.63) is 64.3 Å². The lowest BCUT2D eigenvalue weighted by Gasteiger charge is -2.10. The second-order valence-electron chi connectivity index (χ2n) is 5.85. The Morgan fingerprint density at radius 3 is 2.76 bits per heavy atom. The summed E-state index contributed by atoms with van der Waals surface area (Å²) in [6.07, 6.45) is 1.57. The first-order valence-corrected chi connectivity index (χ1v) is 9.13. The molecule has 150 valence electrons. The maximum atomic E-state index is 12.2. The number of cyclic esters (lactones) is 1. The van der Waals surface area contributed by atoms with Crippen molar-refractivity contribution in [2.24, 2.45) is 4.99 Å². The quantitative estimate of drug-likeness (QED) is 0.507. The van der Waals surface area contributed by atoms with E-state index in [4.69, 9.17) is 30.5 Å². The molecule has 0 fully saturated rings. The Kier molecular flexibility index (Phi) is 6.51. The van der Waals surface area contributed by atoms with Crippen molar-refractivity contribution >= 4 is 35.5 Å². The second-order valence-corrected chi connectivity index (χ2v) is 6.29. The van der Waals surface area contributed by atoms with Gasteiger partial charge >= 0.3 is 11.9 Å². The molecule has 1 heterocycles. The molecule has 29 heavy (non-hydrogen) atoms. The molecule has 0 radical (unpaired) electrons. The fourth-order valence-electron chi connectivity index (χ4n) is 2.54. The predicted octanol–water partition coefficient (Wildman–Crippen LogP) is 3.64. The van der Waals surface area contributed by atoms with Gasteiger partial charge in [-0.25, -0.2) is 14.6 Å². The van der Waals surface area contributed by atoms with Gasteiger partial charge in [0.2, 0.25) is 5.90 Å². The van der Waals surface area contributed by atoms with Crippen LogP contribution >= 0.6 is 11.6 Å². The number of nitrogens with zero attached hydrogens (tertiary/aromatic N) is 1. The maximum absolute atomic E-state index is 12.2.